The van der Waals surface area contributed by atoms with Crippen LogP contribution >= 0.6 is 22.6 Å². The normalized spacial score (nSPS) is 18.3. The van der Waals surface area contributed by atoms with Crippen molar-refractivity contribution in [3.63, 3.8) is 0 Å². The van der Waals surface area contributed by atoms with Crippen LogP contribution in [0.2, 0.25) is 0 Å². The molecule has 1 aromatic rings. The molecule has 0 aliphatic heterocycles. The molecule has 1 saturated carbocycles. The SMILES string of the molecule is C[C@@H](Nc1cccc(I)c1)C1CC1. The zero-order valence-electron chi connectivity index (χ0n) is 7.76. The first kappa shape index (κ1) is 9.31. The number of halogens is 1. The van der Waals surface area contributed by atoms with Crippen LogP contribution in [0.1, 0.15) is 19.8 Å². The monoisotopic (exact) mass is 287 g/mol. The Morgan fingerprint density at radius 1 is 1.46 bits per heavy atom. The smallest absolute Gasteiger partial charge is 0.0352 e. The second kappa shape index (κ2) is 3.86. The van der Waals surface area contributed by atoms with E-state index < -0.39 is 0 Å². The maximum absolute atomic E-state index is 3.54. The molecule has 1 N–H and O–H groups in total. The molecule has 0 unspecified atom stereocenters. The first-order valence-electron chi connectivity index (χ1n) is 4.78. The number of hydrogen-bond acceptors (Lipinski definition) is 1. The van der Waals surface area contributed by atoms with Gasteiger partial charge in [0.25, 0.3) is 0 Å². The number of benzene rings is 1. The fourth-order valence-corrected chi connectivity index (χ4v) is 2.10. The quantitative estimate of drug-likeness (QED) is 0.839. The minimum Gasteiger partial charge on any atom is -0.382 e. The lowest BCUT2D eigenvalue weighted by Gasteiger charge is -2.14. The van der Waals surface area contributed by atoms with Crippen LogP contribution in [0, 0.1) is 9.49 Å². The molecule has 13 heavy (non-hydrogen) atoms. The lowest BCUT2D eigenvalue weighted by atomic mass is 10.2. The predicted molar refractivity (Wildman–Crippen MR) is 65.0 cm³/mol. The minimum atomic E-state index is 0.637. The fourth-order valence-electron chi connectivity index (χ4n) is 1.56. The van der Waals surface area contributed by atoms with Crippen LogP contribution in [0.15, 0.2) is 24.3 Å². The standard InChI is InChI=1S/C11H14IN/c1-8(9-5-6-9)13-11-4-2-3-10(12)7-11/h2-4,7-9,13H,5-6H2,1H3/t8-/m1/s1. The molecular weight excluding hydrogens is 273 g/mol. The first-order chi connectivity index (χ1) is 6.25. The second-order valence-electron chi connectivity index (χ2n) is 3.78. The summed E-state index contributed by atoms with van der Waals surface area (Å²) >= 11 is 2.35. The largest absolute Gasteiger partial charge is 0.382 e. The summed E-state index contributed by atoms with van der Waals surface area (Å²) in [6.07, 6.45) is 2.80. The Hall–Kier alpha value is -0.250. The number of rotatable bonds is 3. The molecule has 70 valence electrons. The highest BCUT2D eigenvalue weighted by molar-refractivity contribution is 14.1. The Balaban J connectivity index is 2.00. The van der Waals surface area contributed by atoms with Gasteiger partial charge in [0, 0.05) is 15.3 Å². The molecule has 1 aliphatic rings. The van der Waals surface area contributed by atoms with E-state index in [1.165, 1.54) is 22.1 Å². The maximum atomic E-state index is 3.54. The Kier molecular flexibility index (Phi) is 2.77. The van der Waals surface area contributed by atoms with Crippen molar-refractivity contribution in [2.75, 3.05) is 5.32 Å². The van der Waals surface area contributed by atoms with Gasteiger partial charge in [-0.15, -0.1) is 0 Å². The van der Waals surface area contributed by atoms with Crippen molar-refractivity contribution >= 4 is 28.3 Å². The van der Waals surface area contributed by atoms with Crippen molar-refractivity contribution in [1.82, 2.24) is 0 Å². The van der Waals surface area contributed by atoms with E-state index in [4.69, 9.17) is 0 Å². The average Bonchev–Trinajstić information content (AvgIpc) is 2.85. The molecule has 1 aromatic carbocycles. The summed E-state index contributed by atoms with van der Waals surface area (Å²) in [6, 6.07) is 9.19. The second-order valence-corrected chi connectivity index (χ2v) is 5.03. The molecule has 2 rings (SSSR count). The summed E-state index contributed by atoms with van der Waals surface area (Å²) in [4.78, 5) is 0. The van der Waals surface area contributed by atoms with E-state index in [1.54, 1.807) is 0 Å². The molecular formula is C11H14IN. The topological polar surface area (TPSA) is 12.0 Å². The fraction of sp³-hybridized carbons (Fsp3) is 0.455. The van der Waals surface area contributed by atoms with Crippen molar-refractivity contribution < 1.29 is 0 Å². The van der Waals surface area contributed by atoms with Gasteiger partial charge in [0.05, 0.1) is 0 Å². The lowest BCUT2D eigenvalue weighted by molar-refractivity contribution is 0.694. The molecule has 0 amide bonds. The first-order valence-corrected chi connectivity index (χ1v) is 5.85. The van der Waals surface area contributed by atoms with Crippen molar-refractivity contribution in [3.05, 3.63) is 27.8 Å². The Bertz CT molecular complexity index is 294. The van der Waals surface area contributed by atoms with E-state index in [0.717, 1.165) is 5.92 Å². The third kappa shape index (κ3) is 2.59. The maximum Gasteiger partial charge on any atom is 0.0352 e. The molecule has 2 heteroatoms. The molecule has 1 atom stereocenters. The summed E-state index contributed by atoms with van der Waals surface area (Å²) in [6.45, 7) is 2.28. The zero-order chi connectivity index (χ0) is 9.26. The molecule has 1 fully saturated rings. The van der Waals surface area contributed by atoms with E-state index in [9.17, 15) is 0 Å². The van der Waals surface area contributed by atoms with E-state index in [2.05, 4.69) is 59.1 Å². The summed E-state index contributed by atoms with van der Waals surface area (Å²) in [7, 11) is 0. The van der Waals surface area contributed by atoms with Crippen molar-refractivity contribution in [2.24, 2.45) is 5.92 Å². The van der Waals surface area contributed by atoms with Gasteiger partial charge in [-0.25, -0.2) is 0 Å². The molecule has 0 bridgehead atoms. The van der Waals surface area contributed by atoms with E-state index in [1.807, 2.05) is 0 Å². The number of nitrogens with one attached hydrogen (secondary N) is 1. The molecule has 0 heterocycles. The number of hydrogen-bond donors (Lipinski definition) is 1. The lowest BCUT2D eigenvalue weighted by Crippen LogP contribution is -2.17. The highest BCUT2D eigenvalue weighted by Gasteiger charge is 2.27. The van der Waals surface area contributed by atoms with E-state index in [-0.39, 0.29) is 0 Å². The van der Waals surface area contributed by atoms with Crippen LogP contribution in [-0.2, 0) is 0 Å². The molecule has 1 aliphatic carbocycles. The Morgan fingerprint density at radius 2 is 2.23 bits per heavy atom. The van der Waals surface area contributed by atoms with Gasteiger partial charge in [0.2, 0.25) is 0 Å². The van der Waals surface area contributed by atoms with Crippen LogP contribution in [0.25, 0.3) is 0 Å². The van der Waals surface area contributed by atoms with Crippen LogP contribution in [-0.4, -0.2) is 6.04 Å². The van der Waals surface area contributed by atoms with Gasteiger partial charge in [0.1, 0.15) is 0 Å². The third-order valence-electron chi connectivity index (χ3n) is 2.55. The molecule has 1 nitrogen and oxygen atoms in total. The Labute approximate surface area is 93.1 Å². The summed E-state index contributed by atoms with van der Waals surface area (Å²) in [5.74, 6) is 0.915. The summed E-state index contributed by atoms with van der Waals surface area (Å²) in [5, 5.41) is 3.54. The van der Waals surface area contributed by atoms with E-state index >= 15 is 0 Å². The van der Waals surface area contributed by atoms with Gasteiger partial charge in [0.15, 0.2) is 0 Å². The highest BCUT2D eigenvalue weighted by atomic mass is 127. The van der Waals surface area contributed by atoms with E-state index in [0.29, 0.717) is 6.04 Å². The predicted octanol–water partition coefficient (Wildman–Crippen LogP) is 3.50. The highest BCUT2D eigenvalue weighted by Crippen LogP contribution is 2.33. The zero-order valence-corrected chi connectivity index (χ0v) is 9.91. The van der Waals surface area contributed by atoms with Gasteiger partial charge in [-0.3, -0.25) is 0 Å². The molecule has 0 radical (unpaired) electrons. The third-order valence-corrected chi connectivity index (χ3v) is 3.22. The van der Waals surface area contributed by atoms with Crippen molar-refractivity contribution in [3.8, 4) is 0 Å². The van der Waals surface area contributed by atoms with Gasteiger partial charge in [-0.05, 0) is 66.5 Å². The van der Waals surface area contributed by atoms with Crippen LogP contribution in [0.4, 0.5) is 5.69 Å². The van der Waals surface area contributed by atoms with Crippen LogP contribution < -0.4 is 5.32 Å². The molecule has 0 saturated heterocycles. The van der Waals surface area contributed by atoms with Gasteiger partial charge < -0.3 is 5.32 Å². The van der Waals surface area contributed by atoms with Gasteiger partial charge in [-0.2, -0.15) is 0 Å². The van der Waals surface area contributed by atoms with Crippen LogP contribution in [0.3, 0.4) is 0 Å². The molecule has 0 aromatic heterocycles. The molecule has 0 spiro atoms. The van der Waals surface area contributed by atoms with Crippen molar-refractivity contribution in [1.29, 1.82) is 0 Å². The van der Waals surface area contributed by atoms with Gasteiger partial charge in [-0.1, -0.05) is 6.07 Å². The Morgan fingerprint density at radius 3 is 2.85 bits per heavy atom. The number of anilines is 1. The average molecular weight is 287 g/mol. The van der Waals surface area contributed by atoms with Gasteiger partial charge >= 0.3 is 0 Å². The minimum absolute atomic E-state index is 0.637. The van der Waals surface area contributed by atoms with Crippen molar-refractivity contribution in [2.45, 2.75) is 25.8 Å². The summed E-state index contributed by atoms with van der Waals surface area (Å²) < 4.78 is 1.30. The van der Waals surface area contributed by atoms with Crippen LogP contribution in [0.5, 0.6) is 0 Å². The summed E-state index contributed by atoms with van der Waals surface area (Å²) in [5.41, 5.74) is 1.26.